The van der Waals surface area contributed by atoms with Crippen molar-refractivity contribution in [1.82, 2.24) is 15.2 Å². The molecule has 1 aromatic carbocycles. The van der Waals surface area contributed by atoms with Crippen molar-refractivity contribution in [2.45, 2.75) is 76.0 Å². The van der Waals surface area contributed by atoms with Gasteiger partial charge in [0.05, 0.1) is 5.56 Å². The number of halogens is 1. The fourth-order valence-corrected chi connectivity index (χ4v) is 6.12. The van der Waals surface area contributed by atoms with E-state index in [1.165, 1.54) is 12.5 Å². The quantitative estimate of drug-likeness (QED) is 0.780. The van der Waals surface area contributed by atoms with Crippen LogP contribution in [0.4, 0.5) is 10.4 Å². The molecule has 1 amide bonds. The van der Waals surface area contributed by atoms with Crippen LogP contribution in [0.5, 0.6) is 0 Å². The maximum absolute atomic E-state index is 15.3. The summed E-state index contributed by atoms with van der Waals surface area (Å²) in [7, 11) is 2.18. The molecule has 1 aromatic heterocycles. The number of hydrogen-bond donors (Lipinski definition) is 2. The summed E-state index contributed by atoms with van der Waals surface area (Å²) in [5, 5.41) is 3.37. The molecule has 8 heteroatoms. The van der Waals surface area contributed by atoms with E-state index in [2.05, 4.69) is 41.0 Å². The van der Waals surface area contributed by atoms with Crippen molar-refractivity contribution in [2.75, 3.05) is 25.0 Å². The van der Waals surface area contributed by atoms with Crippen LogP contribution in [0, 0.1) is 5.82 Å². The minimum atomic E-state index is -0.564. The number of nitrogens with zero attached hydrogens (tertiary/aromatic N) is 3. The number of oxazole rings is 1. The van der Waals surface area contributed by atoms with Crippen LogP contribution in [-0.2, 0) is 0 Å². The van der Waals surface area contributed by atoms with Gasteiger partial charge in [-0.3, -0.25) is 4.79 Å². The van der Waals surface area contributed by atoms with Crippen LogP contribution in [0.2, 0.25) is 0 Å². The first-order valence-corrected chi connectivity index (χ1v) is 11.5. The van der Waals surface area contributed by atoms with Gasteiger partial charge in [0.15, 0.2) is 11.4 Å². The molecule has 5 rings (SSSR count). The number of benzene rings is 1. The van der Waals surface area contributed by atoms with Crippen molar-refractivity contribution in [3.05, 3.63) is 23.0 Å². The highest BCUT2D eigenvalue weighted by Gasteiger charge is 2.39. The Labute approximate surface area is 182 Å². The lowest BCUT2D eigenvalue weighted by Gasteiger charge is -2.47. The van der Waals surface area contributed by atoms with Gasteiger partial charge in [-0.05, 0) is 64.1 Å². The van der Waals surface area contributed by atoms with Crippen LogP contribution >= 0.6 is 0 Å². The first-order chi connectivity index (χ1) is 14.8. The average Bonchev–Trinajstić information content (AvgIpc) is 3.12. The lowest BCUT2D eigenvalue weighted by molar-refractivity contribution is 0.0552. The van der Waals surface area contributed by atoms with Gasteiger partial charge >= 0.3 is 0 Å². The normalized spacial score (nSPS) is 31.9. The summed E-state index contributed by atoms with van der Waals surface area (Å²) >= 11 is 0. The summed E-state index contributed by atoms with van der Waals surface area (Å²) in [6.07, 6.45) is 5.35. The van der Waals surface area contributed by atoms with Crippen LogP contribution in [0.3, 0.4) is 0 Å². The van der Waals surface area contributed by atoms with Crippen molar-refractivity contribution >= 4 is 23.0 Å². The molecule has 3 N–H and O–H groups in total. The van der Waals surface area contributed by atoms with Crippen LogP contribution < -0.4 is 16.0 Å². The third-order valence-electron chi connectivity index (χ3n) is 7.72. The van der Waals surface area contributed by atoms with Gasteiger partial charge in [0.1, 0.15) is 5.52 Å². The number of piperazine rings is 1. The van der Waals surface area contributed by atoms with Gasteiger partial charge in [-0.2, -0.15) is 4.98 Å². The molecule has 3 fully saturated rings. The van der Waals surface area contributed by atoms with E-state index in [4.69, 9.17) is 10.2 Å². The first-order valence-electron chi connectivity index (χ1n) is 11.5. The maximum Gasteiger partial charge on any atom is 0.299 e. The molecule has 0 saturated carbocycles. The highest BCUT2D eigenvalue weighted by molar-refractivity contribution is 6.05. The Kier molecular flexibility index (Phi) is 5.17. The van der Waals surface area contributed by atoms with Gasteiger partial charge in [-0.1, -0.05) is 6.42 Å². The second kappa shape index (κ2) is 7.74. The van der Waals surface area contributed by atoms with Gasteiger partial charge in [0.25, 0.3) is 11.9 Å². The number of piperidine rings is 2. The second-order valence-electron chi connectivity index (χ2n) is 9.70. The number of carbonyl (C=O) groups is 1. The van der Waals surface area contributed by atoms with Gasteiger partial charge in [0, 0.05) is 37.3 Å². The summed E-state index contributed by atoms with van der Waals surface area (Å²) in [5.41, 5.74) is 7.16. The highest BCUT2D eigenvalue weighted by atomic mass is 19.1. The van der Waals surface area contributed by atoms with Gasteiger partial charge in [0.2, 0.25) is 0 Å². The van der Waals surface area contributed by atoms with E-state index in [1.807, 2.05) is 0 Å². The highest BCUT2D eigenvalue weighted by Crippen LogP contribution is 2.43. The molecule has 2 bridgehead atoms. The van der Waals surface area contributed by atoms with E-state index in [9.17, 15) is 4.79 Å². The lowest BCUT2D eigenvalue weighted by Crippen LogP contribution is -2.55. The Hall–Kier alpha value is -2.19. The topological polar surface area (TPSA) is 87.6 Å². The molecule has 2 aromatic rings. The number of carbonyl (C=O) groups excluding carboxylic acids is 1. The number of anilines is 1. The maximum atomic E-state index is 15.3. The minimum Gasteiger partial charge on any atom is -0.420 e. The molecule has 0 radical (unpaired) electrons. The number of nitrogens with one attached hydrogen (secondary N) is 1. The van der Waals surface area contributed by atoms with Gasteiger partial charge in [-0.25, -0.2) is 4.39 Å². The average molecular weight is 430 g/mol. The molecule has 0 aliphatic carbocycles. The van der Waals surface area contributed by atoms with Crippen molar-refractivity contribution in [3.8, 4) is 0 Å². The van der Waals surface area contributed by atoms with Crippen molar-refractivity contribution in [2.24, 2.45) is 5.73 Å². The molecule has 31 heavy (non-hydrogen) atoms. The molecular formula is C23H32FN5O2. The zero-order valence-electron chi connectivity index (χ0n) is 18.5. The number of primary amides is 1. The van der Waals surface area contributed by atoms with Crippen LogP contribution in [0.25, 0.3) is 11.1 Å². The minimum absolute atomic E-state index is 0.0265. The molecule has 3 aliphatic rings. The van der Waals surface area contributed by atoms with Crippen LogP contribution in [0.1, 0.15) is 67.8 Å². The van der Waals surface area contributed by atoms with Crippen LogP contribution in [-0.4, -0.2) is 60.1 Å². The first kappa shape index (κ1) is 20.7. The zero-order chi connectivity index (χ0) is 21.9. The van der Waals surface area contributed by atoms with Gasteiger partial charge in [-0.15, -0.1) is 0 Å². The Morgan fingerprint density at radius 2 is 1.87 bits per heavy atom. The largest absolute Gasteiger partial charge is 0.420 e. The summed E-state index contributed by atoms with van der Waals surface area (Å²) in [6.45, 7) is 5.73. The number of amides is 1. The van der Waals surface area contributed by atoms with Crippen molar-refractivity contribution in [1.29, 1.82) is 0 Å². The summed E-state index contributed by atoms with van der Waals surface area (Å²) < 4.78 is 21.2. The summed E-state index contributed by atoms with van der Waals surface area (Å²) in [4.78, 5) is 21.8. The molecule has 3 saturated heterocycles. The number of aromatic nitrogens is 1. The Balaban J connectivity index is 1.60. The van der Waals surface area contributed by atoms with Crippen molar-refractivity contribution in [3.63, 3.8) is 0 Å². The number of fused-ring (bicyclic) bond motifs is 3. The second-order valence-corrected chi connectivity index (χ2v) is 9.70. The Morgan fingerprint density at radius 3 is 2.48 bits per heavy atom. The Bertz CT molecular complexity index is 984. The summed E-state index contributed by atoms with van der Waals surface area (Å²) in [6, 6.07) is 3.05. The van der Waals surface area contributed by atoms with E-state index >= 15 is 4.39 Å². The third-order valence-corrected chi connectivity index (χ3v) is 7.72. The number of hydrogen-bond acceptors (Lipinski definition) is 6. The monoisotopic (exact) mass is 429 g/mol. The molecular weight excluding hydrogens is 397 g/mol. The Morgan fingerprint density at radius 1 is 1.23 bits per heavy atom. The van der Waals surface area contributed by atoms with Crippen LogP contribution in [0.15, 0.2) is 10.5 Å². The zero-order valence-corrected chi connectivity index (χ0v) is 18.5. The summed E-state index contributed by atoms with van der Waals surface area (Å²) in [5.74, 6) is -0.927. The number of nitrogens with two attached hydrogens (primary N) is 1. The molecule has 4 atom stereocenters. The fraction of sp³-hybridized carbons (Fsp3) is 0.652. The molecule has 3 aliphatic heterocycles. The van der Waals surface area contributed by atoms with E-state index < -0.39 is 11.7 Å². The van der Waals surface area contributed by atoms with E-state index in [-0.39, 0.29) is 29.1 Å². The molecule has 4 heterocycles. The van der Waals surface area contributed by atoms with E-state index in [0.29, 0.717) is 29.2 Å². The van der Waals surface area contributed by atoms with E-state index in [1.54, 1.807) is 0 Å². The smallest absolute Gasteiger partial charge is 0.299 e. The van der Waals surface area contributed by atoms with Gasteiger partial charge < -0.3 is 25.3 Å². The molecule has 168 valence electrons. The third kappa shape index (κ3) is 3.40. The van der Waals surface area contributed by atoms with E-state index in [0.717, 1.165) is 38.8 Å². The number of rotatable bonds is 3. The lowest BCUT2D eigenvalue weighted by atomic mass is 9.75. The predicted octanol–water partition coefficient (Wildman–Crippen LogP) is 2.98. The SMILES string of the molecule is C[C@H]1CNC[C@H](C)N1c1nc2c(C(N)=O)c(C3CC4CCCC(C3)N4C)cc(F)c2o1. The molecule has 0 spiro atoms. The van der Waals surface area contributed by atoms with Crippen molar-refractivity contribution < 1.29 is 13.6 Å². The molecule has 7 nitrogen and oxygen atoms in total. The standard InChI is InChI=1S/C23H32FN5O2/c1-12-10-26-11-13(2)29(12)23-27-20-19(22(25)30)17(9-18(24)21(20)31-23)14-7-15-5-4-6-16(8-14)28(15)3/h9,12-16,26H,4-8,10-11H2,1-3H3,(H2,25,30)/t12-,13-,14?,15?,16?/m0/s1. The molecule has 2 unspecified atom stereocenters. The fourth-order valence-electron chi connectivity index (χ4n) is 6.12. The predicted molar refractivity (Wildman–Crippen MR) is 118 cm³/mol.